The number of nitrogens with zero attached hydrogens (tertiary/aromatic N) is 1. The summed E-state index contributed by atoms with van der Waals surface area (Å²) in [6.45, 7) is 1.04. The van der Waals surface area contributed by atoms with Crippen molar-refractivity contribution in [3.63, 3.8) is 0 Å². The van der Waals surface area contributed by atoms with E-state index >= 15 is 0 Å². The Labute approximate surface area is 152 Å². The van der Waals surface area contributed by atoms with Crippen LogP contribution in [0.15, 0.2) is 12.1 Å². The first-order valence-corrected chi connectivity index (χ1v) is 9.89. The summed E-state index contributed by atoms with van der Waals surface area (Å²) in [6, 6.07) is 3.08. The lowest BCUT2D eigenvalue weighted by Gasteiger charge is -2.67. The first-order chi connectivity index (χ1) is 12.4. The number of benzene rings is 1. The average molecular weight is 359 g/mol. The molecule has 2 saturated carbocycles. The molecule has 6 heteroatoms. The van der Waals surface area contributed by atoms with Gasteiger partial charge in [-0.05, 0) is 37.3 Å². The number of hydroxylamine groups is 3. The molecule has 2 aliphatic heterocycles. The van der Waals surface area contributed by atoms with Gasteiger partial charge in [-0.2, -0.15) is 0 Å². The van der Waals surface area contributed by atoms with Crippen LogP contribution < -0.4 is 4.74 Å². The van der Waals surface area contributed by atoms with Gasteiger partial charge in [-0.1, -0.05) is 6.07 Å². The molecular weight excluding hydrogens is 334 g/mol. The van der Waals surface area contributed by atoms with Crippen molar-refractivity contribution in [2.45, 2.75) is 67.8 Å². The van der Waals surface area contributed by atoms with Crippen molar-refractivity contribution in [3.8, 4) is 11.5 Å². The van der Waals surface area contributed by atoms with Crippen molar-refractivity contribution in [1.82, 2.24) is 0 Å². The maximum atomic E-state index is 13.9. The van der Waals surface area contributed by atoms with Gasteiger partial charge in [-0.15, -0.1) is 0 Å². The molecule has 3 N–H and O–H groups in total. The number of hydrogen-bond acceptors (Lipinski definition) is 5. The third-order valence-electron chi connectivity index (χ3n) is 8.02. The average Bonchev–Trinajstić information content (AvgIpc) is 3.32. The van der Waals surface area contributed by atoms with Crippen LogP contribution in [0, 0.1) is 11.1 Å². The lowest BCUT2D eigenvalue weighted by atomic mass is 9.48. The first-order valence-electron chi connectivity index (χ1n) is 9.89. The van der Waals surface area contributed by atoms with Crippen LogP contribution >= 0.6 is 0 Å². The molecule has 6 nitrogen and oxygen atoms in total. The molecule has 1 aromatic rings. The molecule has 0 aromatic heterocycles. The maximum absolute atomic E-state index is 13.9. The first kappa shape index (κ1) is 15.7. The van der Waals surface area contributed by atoms with E-state index in [2.05, 4.69) is 0 Å². The summed E-state index contributed by atoms with van der Waals surface area (Å²) in [4.78, 5) is 0. The van der Waals surface area contributed by atoms with Crippen LogP contribution in [0.2, 0.25) is 0 Å². The van der Waals surface area contributed by atoms with E-state index < -0.39 is 29.3 Å². The largest absolute Gasteiger partial charge is 0.632 e. The lowest BCUT2D eigenvalue weighted by Crippen LogP contribution is -2.80. The minimum atomic E-state index is -1.18. The molecule has 0 radical (unpaired) electrons. The monoisotopic (exact) mass is 359 g/mol. The molecule has 6 atom stereocenters. The molecule has 3 fully saturated rings. The number of ether oxygens (including phenoxy) is 1. The van der Waals surface area contributed by atoms with Crippen LogP contribution in [-0.4, -0.2) is 56.9 Å². The quantitative estimate of drug-likeness (QED) is 0.547. The molecule has 1 aromatic carbocycles. The molecule has 0 amide bonds. The van der Waals surface area contributed by atoms with E-state index in [4.69, 9.17) is 4.74 Å². The molecular formula is C20H25NO5. The molecule has 2 heterocycles. The molecule has 6 rings (SSSR count). The van der Waals surface area contributed by atoms with Gasteiger partial charge in [-0.25, -0.2) is 0 Å². The fourth-order valence-corrected chi connectivity index (χ4v) is 6.73. The van der Waals surface area contributed by atoms with Crippen molar-refractivity contribution in [1.29, 1.82) is 0 Å². The van der Waals surface area contributed by atoms with Gasteiger partial charge in [0, 0.05) is 24.3 Å². The number of hydrogen-bond donors (Lipinski definition) is 3. The fraction of sp³-hybridized carbons (Fsp3) is 0.700. The highest BCUT2D eigenvalue weighted by Crippen LogP contribution is 2.66. The normalized spacial score (nSPS) is 48.0. The zero-order valence-electron chi connectivity index (χ0n) is 14.7. The van der Waals surface area contributed by atoms with Gasteiger partial charge in [0.1, 0.15) is 17.7 Å². The molecule has 26 heavy (non-hydrogen) atoms. The van der Waals surface area contributed by atoms with Crippen LogP contribution in [0.4, 0.5) is 0 Å². The van der Waals surface area contributed by atoms with Gasteiger partial charge in [0.05, 0.1) is 24.6 Å². The Morgan fingerprint density at radius 2 is 2.04 bits per heavy atom. The van der Waals surface area contributed by atoms with Gasteiger partial charge in [-0.3, -0.25) is 0 Å². The summed E-state index contributed by atoms with van der Waals surface area (Å²) < 4.78 is 5.76. The smallest absolute Gasteiger partial charge is 0.165 e. The van der Waals surface area contributed by atoms with Crippen molar-refractivity contribution in [2.75, 3.05) is 13.1 Å². The van der Waals surface area contributed by atoms with Crippen molar-refractivity contribution >= 4 is 0 Å². The van der Waals surface area contributed by atoms with Crippen molar-refractivity contribution < 1.29 is 24.7 Å². The minimum Gasteiger partial charge on any atom is -0.632 e. The third-order valence-corrected chi connectivity index (χ3v) is 8.02. The van der Waals surface area contributed by atoms with Crippen LogP contribution in [0.25, 0.3) is 0 Å². The predicted octanol–water partition coefficient (Wildman–Crippen LogP) is 1.33. The molecule has 5 aliphatic rings. The van der Waals surface area contributed by atoms with Gasteiger partial charge in [0.2, 0.25) is 0 Å². The van der Waals surface area contributed by atoms with E-state index in [0.717, 1.165) is 24.0 Å². The summed E-state index contributed by atoms with van der Waals surface area (Å²) in [7, 11) is 0. The van der Waals surface area contributed by atoms with E-state index in [9.17, 15) is 20.5 Å². The second kappa shape index (κ2) is 4.55. The molecule has 1 unspecified atom stereocenters. The van der Waals surface area contributed by atoms with Crippen molar-refractivity contribution in [2.24, 2.45) is 5.92 Å². The summed E-state index contributed by atoms with van der Waals surface area (Å²) in [6.07, 6.45) is 2.83. The summed E-state index contributed by atoms with van der Waals surface area (Å²) in [5.74, 6) is 0.970. The number of aliphatic hydroxyl groups excluding tert-OH is 1. The number of phenols is 1. The molecule has 3 aliphatic carbocycles. The van der Waals surface area contributed by atoms with Crippen LogP contribution in [-0.2, 0) is 11.8 Å². The van der Waals surface area contributed by atoms with Crippen LogP contribution in [0.3, 0.4) is 0 Å². The Kier molecular flexibility index (Phi) is 2.75. The van der Waals surface area contributed by atoms with E-state index in [1.165, 1.54) is 0 Å². The fourth-order valence-electron chi connectivity index (χ4n) is 6.73. The molecule has 1 saturated heterocycles. The maximum Gasteiger partial charge on any atom is 0.165 e. The summed E-state index contributed by atoms with van der Waals surface area (Å²) >= 11 is 0. The number of rotatable bonds is 2. The highest BCUT2D eigenvalue weighted by molar-refractivity contribution is 5.62. The van der Waals surface area contributed by atoms with Crippen LogP contribution in [0.1, 0.15) is 43.2 Å². The zero-order chi connectivity index (χ0) is 17.9. The second-order valence-corrected chi connectivity index (χ2v) is 9.26. The van der Waals surface area contributed by atoms with E-state index in [1.54, 1.807) is 6.07 Å². The zero-order valence-corrected chi connectivity index (χ0v) is 14.7. The third kappa shape index (κ3) is 1.59. The molecule has 1 spiro atoms. The van der Waals surface area contributed by atoms with Crippen LogP contribution in [0.5, 0.6) is 11.5 Å². The van der Waals surface area contributed by atoms with Gasteiger partial charge in [0.25, 0.3) is 0 Å². The second-order valence-electron chi connectivity index (χ2n) is 9.26. The van der Waals surface area contributed by atoms with E-state index in [-0.39, 0.29) is 10.4 Å². The topological polar surface area (TPSA) is 93.0 Å². The molecule has 2 bridgehead atoms. The number of piperidine rings is 1. The van der Waals surface area contributed by atoms with Gasteiger partial charge in [0.15, 0.2) is 11.5 Å². The summed E-state index contributed by atoms with van der Waals surface area (Å²) in [5.41, 5.74) is -0.0968. The van der Waals surface area contributed by atoms with Gasteiger partial charge >= 0.3 is 0 Å². The SMILES string of the molecule is [O-][N@+]1(CC2CC2)CC[C@]23c4c5ccc(O)c4O[C@H]2[C@@H](O)CCC3(O)[C@H]1C5. The highest BCUT2D eigenvalue weighted by Gasteiger charge is 2.75. The highest BCUT2D eigenvalue weighted by atomic mass is 16.6. The van der Waals surface area contributed by atoms with E-state index in [1.807, 2.05) is 6.07 Å². The Morgan fingerprint density at radius 1 is 1.23 bits per heavy atom. The predicted molar refractivity (Wildman–Crippen MR) is 92.6 cm³/mol. The van der Waals surface area contributed by atoms with E-state index in [0.29, 0.717) is 50.4 Å². The number of phenolic OH excluding ortho intramolecular Hbond substituents is 1. The van der Waals surface area contributed by atoms with Gasteiger partial charge < -0.3 is 29.9 Å². The number of aliphatic hydroxyl groups is 2. The number of quaternary nitrogens is 1. The Morgan fingerprint density at radius 3 is 2.81 bits per heavy atom. The number of likely N-dealkylation sites (tertiary alicyclic amines) is 1. The Hall–Kier alpha value is -1.34. The standard InChI is InChI=1S/C20H25NO5/c22-13-4-3-12-9-15-20(24)6-5-14(23)18-19(20,16(12)17(13)26-18)7-8-21(15,25)10-11-1-2-11/h3-4,11,14-15,18,22-24H,1-2,5-10H2/t14-,15+,18-,19-,20?,21-/m0/s1. The minimum absolute atomic E-state index is 0.0620. The number of aromatic hydroxyl groups is 1. The Balaban J connectivity index is 1.59. The van der Waals surface area contributed by atoms with Crippen molar-refractivity contribution in [3.05, 3.63) is 28.5 Å². The lowest BCUT2D eigenvalue weighted by molar-refractivity contribution is -0.924. The molecule has 140 valence electrons. The summed E-state index contributed by atoms with van der Waals surface area (Å²) in [5, 5.41) is 46.9. The Bertz CT molecular complexity index is 810.